The van der Waals surface area contributed by atoms with Gasteiger partial charge in [0.1, 0.15) is 0 Å². The van der Waals surface area contributed by atoms with E-state index in [1.807, 2.05) is 60.7 Å². The average molecular weight is 319 g/mol. The maximum atomic E-state index is 11.7. The van der Waals surface area contributed by atoms with E-state index in [0.29, 0.717) is 0 Å². The highest BCUT2D eigenvalue weighted by molar-refractivity contribution is 6.10. The molecule has 0 fully saturated rings. The number of carbonyl (C=O) groups is 2. The molecule has 0 aliphatic rings. The van der Waals surface area contributed by atoms with Crippen LogP contribution in [0.5, 0.6) is 0 Å². The minimum Gasteiger partial charge on any atom is -0.293 e. The van der Waals surface area contributed by atoms with Gasteiger partial charge < -0.3 is 0 Å². The molecular formula is C19H17N3O2. The lowest BCUT2D eigenvalue weighted by Crippen LogP contribution is -2.41. The Hall–Kier alpha value is -3.47. The van der Waals surface area contributed by atoms with Crippen molar-refractivity contribution in [1.82, 2.24) is 10.6 Å². The second kappa shape index (κ2) is 8.85. The quantitative estimate of drug-likeness (QED) is 0.460. The van der Waals surface area contributed by atoms with Gasteiger partial charge in [0, 0.05) is 12.2 Å². The summed E-state index contributed by atoms with van der Waals surface area (Å²) in [5.74, 6) is -1.35. The topological polar surface area (TPSA) is 82.1 Å². The molecule has 3 N–H and O–H groups in total. The van der Waals surface area contributed by atoms with E-state index in [-0.39, 0.29) is 5.96 Å². The van der Waals surface area contributed by atoms with Crippen LogP contribution in [0.4, 0.5) is 0 Å². The van der Waals surface area contributed by atoms with Gasteiger partial charge in [0.05, 0.1) is 0 Å². The van der Waals surface area contributed by atoms with Gasteiger partial charge in [-0.15, -0.1) is 0 Å². The fourth-order valence-corrected chi connectivity index (χ4v) is 1.83. The Bertz CT molecular complexity index is 700. The molecule has 0 heterocycles. The zero-order chi connectivity index (χ0) is 17.2. The first-order chi connectivity index (χ1) is 11.6. The molecule has 2 amide bonds. The number of benzene rings is 2. The number of guanidine groups is 1. The lowest BCUT2D eigenvalue weighted by atomic mass is 10.2. The van der Waals surface area contributed by atoms with Crippen molar-refractivity contribution >= 4 is 29.9 Å². The summed E-state index contributed by atoms with van der Waals surface area (Å²) in [5, 5.41) is 12.1. The van der Waals surface area contributed by atoms with Gasteiger partial charge in [0.15, 0.2) is 0 Å². The van der Waals surface area contributed by atoms with Crippen LogP contribution >= 0.6 is 0 Å². The minimum absolute atomic E-state index is 0.375. The highest BCUT2D eigenvalue weighted by Crippen LogP contribution is 2.01. The Kier molecular flexibility index (Phi) is 6.23. The van der Waals surface area contributed by atoms with E-state index < -0.39 is 11.8 Å². The van der Waals surface area contributed by atoms with Crippen molar-refractivity contribution in [2.24, 2.45) is 0 Å². The molecule has 0 unspecified atom stereocenters. The summed E-state index contributed by atoms with van der Waals surface area (Å²) in [6.45, 7) is 0. The molecule has 2 rings (SSSR count). The van der Waals surface area contributed by atoms with Gasteiger partial charge in [-0.25, -0.2) is 0 Å². The molecule has 24 heavy (non-hydrogen) atoms. The number of hydrogen-bond donors (Lipinski definition) is 3. The third-order valence-electron chi connectivity index (χ3n) is 2.95. The Morgan fingerprint density at radius 3 is 1.46 bits per heavy atom. The highest BCUT2D eigenvalue weighted by Gasteiger charge is 2.03. The van der Waals surface area contributed by atoms with Gasteiger partial charge in [0.2, 0.25) is 5.96 Å². The Morgan fingerprint density at radius 1 is 0.708 bits per heavy atom. The molecule has 5 heteroatoms. The van der Waals surface area contributed by atoms with Crippen molar-refractivity contribution in [3.8, 4) is 0 Å². The van der Waals surface area contributed by atoms with Crippen LogP contribution in [0.3, 0.4) is 0 Å². The summed E-state index contributed by atoms with van der Waals surface area (Å²) in [6, 6.07) is 18.6. The van der Waals surface area contributed by atoms with Gasteiger partial charge in [-0.2, -0.15) is 0 Å². The third kappa shape index (κ3) is 6.11. The molecule has 0 atom stereocenters. The van der Waals surface area contributed by atoms with Crippen LogP contribution in [-0.2, 0) is 9.59 Å². The predicted molar refractivity (Wildman–Crippen MR) is 95.0 cm³/mol. The molecular weight excluding hydrogens is 302 g/mol. The monoisotopic (exact) mass is 319 g/mol. The van der Waals surface area contributed by atoms with E-state index in [9.17, 15) is 9.59 Å². The SMILES string of the molecule is N=C(NC(=O)/C=C/c1ccccc1)NC(=O)/C=C/c1ccccc1. The molecule has 0 saturated carbocycles. The van der Waals surface area contributed by atoms with Gasteiger partial charge in [-0.3, -0.25) is 25.6 Å². The van der Waals surface area contributed by atoms with E-state index in [1.165, 1.54) is 12.2 Å². The van der Waals surface area contributed by atoms with Crippen molar-refractivity contribution < 1.29 is 9.59 Å². The van der Waals surface area contributed by atoms with Crippen LogP contribution in [0, 0.1) is 5.41 Å². The van der Waals surface area contributed by atoms with Gasteiger partial charge in [-0.1, -0.05) is 60.7 Å². The maximum absolute atomic E-state index is 11.7. The van der Waals surface area contributed by atoms with E-state index in [0.717, 1.165) is 11.1 Å². The first-order valence-corrected chi connectivity index (χ1v) is 7.30. The van der Waals surface area contributed by atoms with Gasteiger partial charge >= 0.3 is 0 Å². The zero-order valence-electron chi connectivity index (χ0n) is 12.9. The largest absolute Gasteiger partial charge is 0.293 e. The van der Waals surface area contributed by atoms with E-state index in [1.54, 1.807) is 12.2 Å². The van der Waals surface area contributed by atoms with E-state index in [4.69, 9.17) is 5.41 Å². The fourth-order valence-electron chi connectivity index (χ4n) is 1.83. The number of nitrogens with one attached hydrogen (secondary N) is 3. The molecule has 2 aromatic rings. The van der Waals surface area contributed by atoms with Crippen molar-refractivity contribution in [3.05, 3.63) is 83.9 Å². The Balaban J connectivity index is 1.80. The first-order valence-electron chi connectivity index (χ1n) is 7.30. The van der Waals surface area contributed by atoms with E-state index >= 15 is 0 Å². The minimum atomic E-state index is -0.490. The van der Waals surface area contributed by atoms with Crippen LogP contribution in [0.25, 0.3) is 12.2 Å². The molecule has 120 valence electrons. The predicted octanol–water partition coefficient (Wildman–Crippen LogP) is 2.58. The molecule has 0 saturated heterocycles. The fraction of sp³-hybridized carbons (Fsp3) is 0. The second-order valence-corrected chi connectivity index (χ2v) is 4.84. The number of rotatable bonds is 4. The number of carbonyl (C=O) groups excluding carboxylic acids is 2. The van der Waals surface area contributed by atoms with Crippen LogP contribution in [0.2, 0.25) is 0 Å². The summed E-state index contributed by atoms with van der Waals surface area (Å²) in [6.07, 6.45) is 5.85. The highest BCUT2D eigenvalue weighted by atomic mass is 16.2. The summed E-state index contributed by atoms with van der Waals surface area (Å²) in [5.41, 5.74) is 1.74. The number of amides is 2. The normalized spacial score (nSPS) is 10.7. The third-order valence-corrected chi connectivity index (χ3v) is 2.95. The maximum Gasteiger partial charge on any atom is 0.250 e. The summed E-state index contributed by atoms with van der Waals surface area (Å²) in [4.78, 5) is 23.4. The molecule has 5 nitrogen and oxygen atoms in total. The van der Waals surface area contributed by atoms with E-state index in [2.05, 4.69) is 10.6 Å². The first kappa shape index (κ1) is 16.9. The second-order valence-electron chi connectivity index (χ2n) is 4.84. The van der Waals surface area contributed by atoms with Gasteiger partial charge in [-0.05, 0) is 23.3 Å². The van der Waals surface area contributed by atoms with Crippen molar-refractivity contribution in [2.75, 3.05) is 0 Å². The number of hydrogen-bond acceptors (Lipinski definition) is 3. The Morgan fingerprint density at radius 2 is 1.08 bits per heavy atom. The van der Waals surface area contributed by atoms with Gasteiger partial charge in [0.25, 0.3) is 11.8 Å². The summed E-state index contributed by atoms with van der Waals surface area (Å²) >= 11 is 0. The van der Waals surface area contributed by atoms with Crippen molar-refractivity contribution in [2.45, 2.75) is 0 Å². The molecule has 0 spiro atoms. The lowest BCUT2D eigenvalue weighted by molar-refractivity contribution is -0.115. The van der Waals surface area contributed by atoms with Crippen molar-refractivity contribution in [1.29, 1.82) is 5.41 Å². The molecule has 0 bridgehead atoms. The summed E-state index contributed by atoms with van der Waals surface area (Å²) < 4.78 is 0. The molecule has 0 aromatic heterocycles. The molecule has 0 aliphatic heterocycles. The smallest absolute Gasteiger partial charge is 0.250 e. The van der Waals surface area contributed by atoms with Crippen LogP contribution in [-0.4, -0.2) is 17.8 Å². The molecule has 0 radical (unpaired) electrons. The van der Waals surface area contributed by atoms with Crippen LogP contribution in [0.1, 0.15) is 11.1 Å². The average Bonchev–Trinajstić information content (AvgIpc) is 2.60. The molecule has 2 aromatic carbocycles. The van der Waals surface area contributed by atoms with Crippen LogP contribution in [0.15, 0.2) is 72.8 Å². The zero-order valence-corrected chi connectivity index (χ0v) is 12.9. The molecule has 0 aliphatic carbocycles. The standard InChI is InChI=1S/C19H17N3O2/c20-19(21-17(23)13-11-15-7-3-1-4-8-15)22-18(24)14-12-16-9-5-2-6-10-16/h1-14H,(H3,20,21,22,23,24)/b13-11+,14-12+. The Labute approximate surface area is 140 Å². The lowest BCUT2D eigenvalue weighted by Gasteiger charge is -2.04. The van der Waals surface area contributed by atoms with Crippen LogP contribution < -0.4 is 10.6 Å². The summed E-state index contributed by atoms with van der Waals surface area (Å²) in [7, 11) is 0. The van der Waals surface area contributed by atoms with Crippen molar-refractivity contribution in [3.63, 3.8) is 0 Å².